The number of carbonyl (C=O) groups excluding carboxylic acids is 1. The number of likely N-dealkylation sites (N-methyl/N-ethyl adjacent to an activating group) is 1. The zero-order chi connectivity index (χ0) is 18.8. The van der Waals surface area contributed by atoms with E-state index < -0.39 is 16.6 Å². The molecule has 2 saturated carbocycles. The summed E-state index contributed by atoms with van der Waals surface area (Å²) in [6, 6.07) is 3.76. The van der Waals surface area contributed by atoms with Crippen molar-refractivity contribution in [1.29, 1.82) is 0 Å². The molecule has 2 aliphatic heterocycles. The third-order valence-electron chi connectivity index (χ3n) is 8.86. The van der Waals surface area contributed by atoms with Crippen LogP contribution in [-0.2, 0) is 16.6 Å². The standard InChI is InChI=1S/C22H27NO4/c1-20-17(25)7-8-22(26)16-11-14-5-6-15(24)19(27-20)18(14)21(20,22)9-10-23(16,2)12-13-3-4-13/h5-6,13,16,26H,3-4,7-12H2,1-2H3/p+1/t16-,20?,21+,22-,23?/m1/s1. The van der Waals surface area contributed by atoms with Crippen LogP contribution >= 0.6 is 0 Å². The Bertz CT molecular complexity index is 895. The Morgan fingerprint density at radius 3 is 2.81 bits per heavy atom. The van der Waals surface area contributed by atoms with E-state index in [1.165, 1.54) is 12.8 Å². The molecule has 0 aromatic heterocycles. The van der Waals surface area contributed by atoms with Crippen LogP contribution in [0.25, 0.3) is 0 Å². The fourth-order valence-corrected chi connectivity index (χ4v) is 7.40. The third-order valence-corrected chi connectivity index (χ3v) is 8.86. The first kappa shape index (κ1) is 16.4. The number of ketones is 1. The van der Waals surface area contributed by atoms with E-state index in [2.05, 4.69) is 7.05 Å². The number of carbonyl (C=O) groups is 1. The van der Waals surface area contributed by atoms with Crippen molar-refractivity contribution in [3.8, 4) is 11.5 Å². The lowest BCUT2D eigenvalue weighted by Gasteiger charge is -2.66. The van der Waals surface area contributed by atoms with E-state index in [4.69, 9.17) is 4.74 Å². The highest BCUT2D eigenvalue weighted by Crippen LogP contribution is 2.69. The summed E-state index contributed by atoms with van der Waals surface area (Å²) >= 11 is 0. The Morgan fingerprint density at radius 1 is 1.30 bits per heavy atom. The Labute approximate surface area is 159 Å². The van der Waals surface area contributed by atoms with Crippen molar-refractivity contribution < 1.29 is 24.2 Å². The molecule has 2 heterocycles. The first-order valence-electron chi connectivity index (χ1n) is 10.4. The minimum Gasteiger partial charge on any atom is -0.504 e. The van der Waals surface area contributed by atoms with Gasteiger partial charge in [0.1, 0.15) is 11.6 Å². The Morgan fingerprint density at radius 2 is 2.07 bits per heavy atom. The van der Waals surface area contributed by atoms with Crippen LogP contribution in [0.4, 0.5) is 0 Å². The molecule has 0 amide bonds. The van der Waals surface area contributed by atoms with E-state index in [9.17, 15) is 15.0 Å². The van der Waals surface area contributed by atoms with Crippen molar-refractivity contribution >= 4 is 5.78 Å². The summed E-state index contributed by atoms with van der Waals surface area (Å²) in [5.41, 5.74) is -0.711. The second-order valence-electron chi connectivity index (χ2n) is 10.1. The van der Waals surface area contributed by atoms with Gasteiger partial charge in [-0.25, -0.2) is 0 Å². The van der Waals surface area contributed by atoms with Gasteiger partial charge in [-0.3, -0.25) is 4.79 Å². The zero-order valence-corrected chi connectivity index (χ0v) is 16.1. The van der Waals surface area contributed by atoms with Gasteiger partial charge >= 0.3 is 0 Å². The van der Waals surface area contributed by atoms with Crippen LogP contribution in [0.15, 0.2) is 12.1 Å². The molecule has 2 N–H and O–H groups in total. The van der Waals surface area contributed by atoms with Crippen molar-refractivity contribution in [3.63, 3.8) is 0 Å². The van der Waals surface area contributed by atoms with Gasteiger partial charge in [0.25, 0.3) is 0 Å². The number of phenolic OH excluding ortho intramolecular Hbond substituents is 1. The molecule has 1 spiro atoms. The molecule has 27 heavy (non-hydrogen) atoms. The summed E-state index contributed by atoms with van der Waals surface area (Å²) in [7, 11) is 2.31. The minimum absolute atomic E-state index is 0.0627. The molecule has 3 aliphatic carbocycles. The molecule has 5 aliphatic rings. The van der Waals surface area contributed by atoms with E-state index in [0.29, 0.717) is 18.6 Å². The number of piperidine rings is 1. The summed E-state index contributed by atoms with van der Waals surface area (Å²) in [6.07, 6.45) is 4.98. The molecule has 5 heteroatoms. The van der Waals surface area contributed by atoms with Gasteiger partial charge in [-0.1, -0.05) is 6.07 Å². The summed E-state index contributed by atoms with van der Waals surface area (Å²) < 4.78 is 7.16. The molecule has 2 unspecified atom stereocenters. The van der Waals surface area contributed by atoms with E-state index in [1.54, 1.807) is 6.07 Å². The summed E-state index contributed by atoms with van der Waals surface area (Å²) in [5.74, 6) is 1.38. The highest BCUT2D eigenvalue weighted by Gasteiger charge is 2.80. The molecule has 5 atom stereocenters. The number of ether oxygens (including phenoxy) is 1. The van der Waals surface area contributed by atoms with Crippen LogP contribution in [0.3, 0.4) is 0 Å². The van der Waals surface area contributed by atoms with Crippen LogP contribution < -0.4 is 4.74 Å². The average molecular weight is 370 g/mol. The van der Waals surface area contributed by atoms with Crippen LogP contribution in [0.2, 0.25) is 0 Å². The number of rotatable bonds is 2. The second kappa shape index (κ2) is 4.52. The van der Waals surface area contributed by atoms with Gasteiger partial charge in [0, 0.05) is 30.7 Å². The van der Waals surface area contributed by atoms with Gasteiger partial charge in [-0.15, -0.1) is 0 Å². The van der Waals surface area contributed by atoms with Gasteiger partial charge in [0.2, 0.25) is 0 Å². The second-order valence-corrected chi connectivity index (χ2v) is 10.1. The molecule has 6 rings (SSSR count). The molecule has 3 fully saturated rings. The lowest BCUT2D eigenvalue weighted by molar-refractivity contribution is -0.950. The SMILES string of the molecule is CC12Oc3c(O)ccc4c3[C@@]13CC[N+](C)(CC1CC1)[C@H](C4)[C@]3(O)CCC2=O. The predicted molar refractivity (Wildman–Crippen MR) is 98.8 cm³/mol. The summed E-state index contributed by atoms with van der Waals surface area (Å²) in [6.45, 7) is 3.93. The van der Waals surface area contributed by atoms with Gasteiger partial charge in [0.15, 0.2) is 22.9 Å². The molecule has 1 aromatic rings. The van der Waals surface area contributed by atoms with Crippen LogP contribution in [0.5, 0.6) is 11.5 Å². The normalized spacial score (nSPS) is 46.8. The number of aliphatic hydroxyl groups is 1. The number of hydrogen-bond acceptors (Lipinski definition) is 4. The quantitative estimate of drug-likeness (QED) is 0.782. The lowest BCUT2D eigenvalue weighted by atomic mass is 9.44. The van der Waals surface area contributed by atoms with Crippen LogP contribution in [-0.4, -0.2) is 57.9 Å². The number of Topliss-reactive ketones (excluding diaryl/α,β-unsaturated/α-hetero) is 1. The number of quaternary nitrogens is 1. The van der Waals surface area contributed by atoms with Gasteiger partial charge in [0.05, 0.1) is 25.6 Å². The molecule has 0 radical (unpaired) electrons. The molecule has 1 saturated heterocycles. The van der Waals surface area contributed by atoms with Crippen molar-refractivity contribution in [3.05, 3.63) is 23.3 Å². The third kappa shape index (κ3) is 1.60. The number of hydrogen-bond donors (Lipinski definition) is 2. The molecule has 2 bridgehead atoms. The van der Waals surface area contributed by atoms with E-state index >= 15 is 0 Å². The fraction of sp³-hybridized carbons (Fsp3) is 0.682. The molecule has 144 valence electrons. The monoisotopic (exact) mass is 370 g/mol. The maximum absolute atomic E-state index is 13.1. The summed E-state index contributed by atoms with van der Waals surface area (Å²) in [4.78, 5) is 13.1. The molecule has 1 aromatic carbocycles. The first-order chi connectivity index (χ1) is 12.8. The van der Waals surface area contributed by atoms with E-state index in [1.807, 2.05) is 13.0 Å². The maximum Gasteiger partial charge on any atom is 0.177 e. The van der Waals surface area contributed by atoms with Gasteiger partial charge < -0.3 is 19.4 Å². The maximum atomic E-state index is 13.1. The number of benzene rings is 1. The Kier molecular flexibility index (Phi) is 2.74. The van der Waals surface area contributed by atoms with E-state index in [-0.39, 0.29) is 17.6 Å². The van der Waals surface area contributed by atoms with Crippen molar-refractivity contribution in [2.45, 2.75) is 68.1 Å². The number of likely N-dealkylation sites (tertiary alicyclic amines) is 1. The van der Waals surface area contributed by atoms with Crippen LogP contribution in [0, 0.1) is 5.92 Å². The number of phenols is 1. The highest BCUT2D eigenvalue weighted by atomic mass is 16.5. The number of nitrogens with zero attached hydrogens (tertiary/aromatic N) is 1. The average Bonchev–Trinajstić information content (AvgIpc) is 3.37. The smallest absolute Gasteiger partial charge is 0.177 e. The minimum atomic E-state index is -1.08. The molecular weight excluding hydrogens is 342 g/mol. The largest absolute Gasteiger partial charge is 0.504 e. The highest BCUT2D eigenvalue weighted by molar-refractivity contribution is 5.93. The Hall–Kier alpha value is -1.59. The van der Waals surface area contributed by atoms with Gasteiger partial charge in [-0.2, -0.15) is 0 Å². The number of aromatic hydroxyl groups is 1. The van der Waals surface area contributed by atoms with Crippen molar-refractivity contribution in [2.24, 2.45) is 5.92 Å². The Balaban J connectivity index is 1.64. The lowest BCUT2D eigenvalue weighted by Crippen LogP contribution is -2.83. The summed E-state index contributed by atoms with van der Waals surface area (Å²) in [5, 5.41) is 22.8. The van der Waals surface area contributed by atoms with Crippen molar-refractivity contribution in [1.82, 2.24) is 0 Å². The predicted octanol–water partition coefficient (Wildman–Crippen LogP) is 2.06. The molecule has 5 nitrogen and oxygen atoms in total. The fourth-order valence-electron chi connectivity index (χ4n) is 7.40. The first-order valence-corrected chi connectivity index (χ1v) is 10.4. The topological polar surface area (TPSA) is 66.8 Å². The van der Waals surface area contributed by atoms with Gasteiger partial charge in [-0.05, 0) is 37.8 Å². The van der Waals surface area contributed by atoms with Crippen LogP contribution in [0.1, 0.15) is 50.2 Å². The van der Waals surface area contributed by atoms with E-state index in [0.717, 1.165) is 47.5 Å². The molecular formula is C22H28NO4+. The zero-order valence-electron chi connectivity index (χ0n) is 16.1. The van der Waals surface area contributed by atoms with Crippen molar-refractivity contribution in [2.75, 3.05) is 20.1 Å².